The van der Waals surface area contributed by atoms with E-state index in [0.29, 0.717) is 30.8 Å². The van der Waals surface area contributed by atoms with Crippen LogP contribution < -0.4 is 5.32 Å². The van der Waals surface area contributed by atoms with Crippen molar-refractivity contribution in [3.05, 3.63) is 0 Å². The van der Waals surface area contributed by atoms with E-state index in [1.807, 2.05) is 11.8 Å². The molecule has 0 aromatic heterocycles. The van der Waals surface area contributed by atoms with Gasteiger partial charge >= 0.3 is 6.09 Å². The number of rotatable bonds is 2. The zero-order valence-electron chi connectivity index (χ0n) is 12.5. The van der Waals surface area contributed by atoms with Crippen molar-refractivity contribution in [3.8, 4) is 0 Å². The molecule has 116 valence electrons. The molecule has 3 heterocycles. The van der Waals surface area contributed by atoms with Gasteiger partial charge in [-0.2, -0.15) is 0 Å². The monoisotopic (exact) mass is 293 g/mol. The molecular formula is C15H23N3O3. The lowest BCUT2D eigenvalue weighted by Crippen LogP contribution is -2.49. The minimum absolute atomic E-state index is 0.194. The summed E-state index contributed by atoms with van der Waals surface area (Å²) in [5, 5.41) is 3.33. The Kier molecular flexibility index (Phi) is 2.93. The van der Waals surface area contributed by atoms with E-state index in [9.17, 15) is 9.59 Å². The Labute approximate surface area is 124 Å². The Morgan fingerprint density at radius 2 is 2.00 bits per heavy atom. The number of nitrogens with zero attached hydrogens (tertiary/aromatic N) is 2. The molecule has 1 saturated carbocycles. The Balaban J connectivity index is 1.35. The van der Waals surface area contributed by atoms with Gasteiger partial charge in [0, 0.05) is 38.4 Å². The second-order valence-electron chi connectivity index (χ2n) is 6.90. The van der Waals surface area contributed by atoms with Crippen molar-refractivity contribution >= 4 is 12.0 Å². The van der Waals surface area contributed by atoms with Gasteiger partial charge in [-0.1, -0.05) is 0 Å². The number of ether oxygens (including phenoxy) is 1. The first-order chi connectivity index (χ1) is 10.1. The van der Waals surface area contributed by atoms with Crippen LogP contribution >= 0.6 is 0 Å². The Hall–Kier alpha value is -1.30. The zero-order valence-corrected chi connectivity index (χ0v) is 12.5. The van der Waals surface area contributed by atoms with E-state index in [-0.39, 0.29) is 17.6 Å². The minimum atomic E-state index is -0.342. The summed E-state index contributed by atoms with van der Waals surface area (Å²) < 4.78 is 5.61. The molecule has 0 bridgehead atoms. The van der Waals surface area contributed by atoms with Crippen LogP contribution in [-0.2, 0) is 9.53 Å². The number of hydrogen-bond donors (Lipinski definition) is 1. The van der Waals surface area contributed by atoms with E-state index < -0.39 is 0 Å². The van der Waals surface area contributed by atoms with Gasteiger partial charge in [0.2, 0.25) is 5.91 Å². The summed E-state index contributed by atoms with van der Waals surface area (Å²) >= 11 is 0. The first-order valence-corrected chi connectivity index (χ1v) is 8.11. The number of fused-ring (bicyclic) bond motifs is 1. The van der Waals surface area contributed by atoms with Gasteiger partial charge in [-0.25, -0.2) is 4.79 Å². The molecule has 1 aliphatic carbocycles. The highest BCUT2D eigenvalue weighted by atomic mass is 16.6. The maximum atomic E-state index is 12.5. The van der Waals surface area contributed by atoms with E-state index in [1.54, 1.807) is 4.90 Å². The lowest BCUT2D eigenvalue weighted by molar-refractivity contribution is -0.136. The maximum absolute atomic E-state index is 12.5. The summed E-state index contributed by atoms with van der Waals surface area (Å²) in [4.78, 5) is 28.1. The third-order valence-corrected chi connectivity index (χ3v) is 5.79. The van der Waals surface area contributed by atoms with Crippen LogP contribution in [0.2, 0.25) is 0 Å². The van der Waals surface area contributed by atoms with Crippen molar-refractivity contribution in [1.82, 2.24) is 15.1 Å². The number of likely N-dealkylation sites (tertiary alicyclic amines) is 1. The molecule has 0 radical (unpaired) electrons. The Morgan fingerprint density at radius 1 is 1.33 bits per heavy atom. The number of nitrogens with one attached hydrogen (secondary N) is 1. The molecule has 3 saturated heterocycles. The number of carbonyl (C=O) groups is 2. The average molecular weight is 293 g/mol. The standard InChI is InChI=1S/C15H23N3O3/c1-2-17-9-15(21-14(17)20)3-5-18(6-4-15)13(19)12-10-7-16-8-11(10)12/h10-12,16H,2-9H2,1H3/t10-,11+,12?. The first-order valence-electron chi connectivity index (χ1n) is 8.11. The van der Waals surface area contributed by atoms with Crippen molar-refractivity contribution < 1.29 is 14.3 Å². The highest BCUT2D eigenvalue weighted by molar-refractivity contribution is 5.83. The smallest absolute Gasteiger partial charge is 0.410 e. The largest absolute Gasteiger partial charge is 0.441 e. The van der Waals surface area contributed by atoms with Crippen LogP contribution in [0.25, 0.3) is 0 Å². The van der Waals surface area contributed by atoms with Gasteiger partial charge in [0.05, 0.1) is 6.54 Å². The SMILES string of the molecule is CCN1CC2(CCN(C(=O)C3[C@H]4CNC[C@@H]34)CC2)OC1=O. The molecule has 4 aliphatic rings. The molecule has 2 amide bonds. The summed E-state index contributed by atoms with van der Waals surface area (Å²) in [6, 6.07) is 0. The highest BCUT2D eigenvalue weighted by Gasteiger charge is 2.58. The molecule has 4 fully saturated rings. The third-order valence-electron chi connectivity index (χ3n) is 5.79. The topological polar surface area (TPSA) is 61.9 Å². The summed E-state index contributed by atoms with van der Waals surface area (Å²) in [5.74, 6) is 1.75. The average Bonchev–Trinajstić information content (AvgIpc) is 2.82. The first kappa shape index (κ1) is 13.4. The fourth-order valence-corrected chi connectivity index (χ4v) is 4.33. The maximum Gasteiger partial charge on any atom is 0.410 e. The van der Waals surface area contributed by atoms with E-state index >= 15 is 0 Å². The van der Waals surface area contributed by atoms with Crippen LogP contribution in [0.4, 0.5) is 4.79 Å². The molecular weight excluding hydrogens is 270 g/mol. The third kappa shape index (κ3) is 2.03. The van der Waals surface area contributed by atoms with Gasteiger partial charge in [-0.3, -0.25) is 4.79 Å². The van der Waals surface area contributed by atoms with Gasteiger partial charge in [-0.05, 0) is 31.8 Å². The fourth-order valence-electron chi connectivity index (χ4n) is 4.33. The van der Waals surface area contributed by atoms with Crippen molar-refractivity contribution in [2.45, 2.75) is 25.4 Å². The molecule has 1 N–H and O–H groups in total. The number of hydrogen-bond acceptors (Lipinski definition) is 4. The van der Waals surface area contributed by atoms with Gasteiger partial charge < -0.3 is 19.9 Å². The Morgan fingerprint density at radius 3 is 2.57 bits per heavy atom. The fraction of sp³-hybridized carbons (Fsp3) is 0.867. The van der Waals surface area contributed by atoms with Gasteiger partial charge in [0.25, 0.3) is 0 Å². The van der Waals surface area contributed by atoms with Gasteiger partial charge in [0.15, 0.2) is 0 Å². The lowest BCUT2D eigenvalue weighted by atomic mass is 9.91. The van der Waals surface area contributed by atoms with Crippen molar-refractivity contribution in [1.29, 1.82) is 0 Å². The van der Waals surface area contributed by atoms with E-state index in [0.717, 1.165) is 39.0 Å². The van der Waals surface area contributed by atoms with E-state index in [2.05, 4.69) is 5.32 Å². The molecule has 3 aliphatic heterocycles. The number of piperidine rings is 2. The zero-order chi connectivity index (χ0) is 14.6. The number of likely N-dealkylation sites (N-methyl/N-ethyl adjacent to an activating group) is 1. The van der Waals surface area contributed by atoms with Crippen molar-refractivity contribution in [2.75, 3.05) is 39.3 Å². The molecule has 6 heteroatoms. The second kappa shape index (κ2) is 4.60. The van der Waals surface area contributed by atoms with Gasteiger partial charge in [-0.15, -0.1) is 0 Å². The molecule has 21 heavy (non-hydrogen) atoms. The minimum Gasteiger partial charge on any atom is -0.441 e. The van der Waals surface area contributed by atoms with Crippen molar-refractivity contribution in [3.63, 3.8) is 0 Å². The normalized spacial score (nSPS) is 36.8. The van der Waals surface area contributed by atoms with E-state index in [1.165, 1.54) is 0 Å². The predicted molar refractivity (Wildman–Crippen MR) is 75.6 cm³/mol. The van der Waals surface area contributed by atoms with Crippen LogP contribution in [0.1, 0.15) is 19.8 Å². The van der Waals surface area contributed by atoms with Crippen molar-refractivity contribution in [2.24, 2.45) is 17.8 Å². The van der Waals surface area contributed by atoms with E-state index in [4.69, 9.17) is 4.74 Å². The van der Waals surface area contributed by atoms with Crippen LogP contribution in [0.5, 0.6) is 0 Å². The van der Waals surface area contributed by atoms with Crippen LogP contribution in [-0.4, -0.2) is 66.7 Å². The molecule has 0 aromatic rings. The summed E-state index contributed by atoms with van der Waals surface area (Å²) in [6.07, 6.45) is 1.36. The van der Waals surface area contributed by atoms with Gasteiger partial charge in [0.1, 0.15) is 5.60 Å². The quantitative estimate of drug-likeness (QED) is 0.795. The number of carbonyl (C=O) groups excluding carboxylic acids is 2. The molecule has 0 aromatic carbocycles. The molecule has 1 unspecified atom stereocenters. The molecule has 6 nitrogen and oxygen atoms in total. The lowest BCUT2D eigenvalue weighted by Gasteiger charge is -2.37. The molecule has 1 spiro atoms. The molecule has 3 atom stereocenters. The summed E-state index contributed by atoms with van der Waals surface area (Å²) in [6.45, 7) is 6.81. The van der Waals surface area contributed by atoms with Crippen LogP contribution in [0.15, 0.2) is 0 Å². The highest BCUT2D eigenvalue weighted by Crippen LogP contribution is 2.50. The van der Waals surface area contributed by atoms with Crippen LogP contribution in [0, 0.1) is 17.8 Å². The predicted octanol–water partition coefficient (Wildman–Crippen LogP) is 0.285. The molecule has 4 rings (SSSR count). The summed E-state index contributed by atoms with van der Waals surface area (Å²) in [5.41, 5.74) is -0.342. The van der Waals surface area contributed by atoms with Crippen LogP contribution in [0.3, 0.4) is 0 Å². The number of amides is 2. The second-order valence-corrected chi connectivity index (χ2v) is 6.90. The Bertz CT molecular complexity index is 463. The summed E-state index contributed by atoms with van der Waals surface area (Å²) in [7, 11) is 0.